The van der Waals surface area contributed by atoms with Gasteiger partial charge in [0.15, 0.2) is 0 Å². The van der Waals surface area contributed by atoms with E-state index in [-0.39, 0.29) is 5.92 Å². The van der Waals surface area contributed by atoms with Gasteiger partial charge in [-0.3, -0.25) is 4.98 Å². The first-order chi connectivity index (χ1) is 10.1. The molecule has 0 radical (unpaired) electrons. The van der Waals surface area contributed by atoms with Crippen LogP contribution in [0, 0.1) is 5.92 Å². The van der Waals surface area contributed by atoms with Gasteiger partial charge in [-0.05, 0) is 25.3 Å². The molecule has 1 N–H and O–H groups in total. The lowest BCUT2D eigenvalue weighted by Gasteiger charge is -2.43. The van der Waals surface area contributed by atoms with Gasteiger partial charge in [-0.2, -0.15) is 0 Å². The highest BCUT2D eigenvalue weighted by molar-refractivity contribution is 5.36. The van der Waals surface area contributed by atoms with E-state index in [2.05, 4.69) is 27.0 Å². The SMILES string of the molecule is C[C@@]1(O)CCN(c2cnccn2)C[C@@H]1Cc1ccccc1. The molecule has 110 valence electrons. The minimum Gasteiger partial charge on any atom is -0.390 e. The number of anilines is 1. The van der Waals surface area contributed by atoms with Crippen LogP contribution in [-0.4, -0.2) is 33.8 Å². The monoisotopic (exact) mass is 283 g/mol. The lowest BCUT2D eigenvalue weighted by atomic mass is 9.79. The number of hydrogen-bond donors (Lipinski definition) is 1. The minimum absolute atomic E-state index is 0.190. The molecule has 0 aliphatic carbocycles. The van der Waals surface area contributed by atoms with E-state index in [9.17, 15) is 5.11 Å². The first-order valence-electron chi connectivity index (χ1n) is 7.42. The first kappa shape index (κ1) is 14.0. The Morgan fingerprint density at radius 1 is 1.29 bits per heavy atom. The van der Waals surface area contributed by atoms with Gasteiger partial charge in [0.05, 0.1) is 11.8 Å². The Kier molecular flexibility index (Phi) is 3.88. The molecule has 1 aliphatic heterocycles. The number of benzene rings is 1. The van der Waals surface area contributed by atoms with Crippen LogP contribution < -0.4 is 4.90 Å². The highest BCUT2D eigenvalue weighted by atomic mass is 16.3. The average Bonchev–Trinajstić information content (AvgIpc) is 2.51. The molecule has 2 aromatic rings. The summed E-state index contributed by atoms with van der Waals surface area (Å²) in [5.41, 5.74) is 0.637. The first-order valence-corrected chi connectivity index (χ1v) is 7.42. The molecule has 0 unspecified atom stereocenters. The zero-order chi connectivity index (χ0) is 14.7. The van der Waals surface area contributed by atoms with Gasteiger partial charge in [0.25, 0.3) is 0 Å². The lowest BCUT2D eigenvalue weighted by Crippen LogP contribution is -2.51. The Bertz CT molecular complexity index is 571. The van der Waals surface area contributed by atoms with Crippen LogP contribution >= 0.6 is 0 Å². The molecule has 4 heteroatoms. The summed E-state index contributed by atoms with van der Waals surface area (Å²) in [5.74, 6) is 1.08. The van der Waals surface area contributed by atoms with E-state index in [1.807, 2.05) is 25.1 Å². The number of aromatic nitrogens is 2. The molecule has 1 aromatic carbocycles. The number of aliphatic hydroxyl groups is 1. The maximum Gasteiger partial charge on any atom is 0.147 e. The van der Waals surface area contributed by atoms with Crippen molar-refractivity contribution in [3.05, 3.63) is 54.5 Å². The fourth-order valence-corrected chi connectivity index (χ4v) is 2.97. The highest BCUT2D eigenvalue weighted by Gasteiger charge is 2.37. The zero-order valence-electron chi connectivity index (χ0n) is 12.3. The number of rotatable bonds is 3. The van der Waals surface area contributed by atoms with Crippen LogP contribution in [-0.2, 0) is 6.42 Å². The Balaban J connectivity index is 1.77. The molecule has 3 rings (SSSR count). The van der Waals surface area contributed by atoms with Crippen molar-refractivity contribution in [2.24, 2.45) is 5.92 Å². The van der Waals surface area contributed by atoms with Crippen molar-refractivity contribution >= 4 is 5.82 Å². The quantitative estimate of drug-likeness (QED) is 0.939. The molecule has 1 saturated heterocycles. The molecule has 0 spiro atoms. The molecular weight excluding hydrogens is 262 g/mol. The Morgan fingerprint density at radius 3 is 2.81 bits per heavy atom. The van der Waals surface area contributed by atoms with Crippen molar-refractivity contribution in [3.63, 3.8) is 0 Å². The molecule has 0 amide bonds. The van der Waals surface area contributed by atoms with Gasteiger partial charge < -0.3 is 10.0 Å². The summed E-state index contributed by atoms with van der Waals surface area (Å²) < 4.78 is 0. The predicted molar refractivity (Wildman–Crippen MR) is 83.1 cm³/mol. The molecule has 21 heavy (non-hydrogen) atoms. The van der Waals surface area contributed by atoms with Gasteiger partial charge in [0.2, 0.25) is 0 Å². The summed E-state index contributed by atoms with van der Waals surface area (Å²) >= 11 is 0. The standard InChI is InChI=1S/C17H21N3O/c1-17(21)7-10-20(16-12-18-8-9-19-16)13-15(17)11-14-5-3-2-4-6-14/h2-6,8-9,12,15,21H,7,10-11,13H2,1H3/t15-,17+/m0/s1. The largest absolute Gasteiger partial charge is 0.390 e. The summed E-state index contributed by atoms with van der Waals surface area (Å²) in [6, 6.07) is 10.4. The van der Waals surface area contributed by atoms with Gasteiger partial charge in [0.1, 0.15) is 5.82 Å². The second-order valence-corrected chi connectivity index (χ2v) is 6.00. The van der Waals surface area contributed by atoms with Crippen molar-refractivity contribution in [1.29, 1.82) is 0 Å². The van der Waals surface area contributed by atoms with Gasteiger partial charge in [0, 0.05) is 31.4 Å². The van der Waals surface area contributed by atoms with Crippen LogP contribution in [0.5, 0.6) is 0 Å². The number of piperidine rings is 1. The molecule has 2 atom stereocenters. The Labute approximate surface area is 125 Å². The van der Waals surface area contributed by atoms with Crippen LogP contribution in [0.25, 0.3) is 0 Å². The zero-order valence-corrected chi connectivity index (χ0v) is 12.3. The van der Waals surface area contributed by atoms with Crippen molar-refractivity contribution < 1.29 is 5.11 Å². The van der Waals surface area contributed by atoms with Gasteiger partial charge in [-0.1, -0.05) is 30.3 Å². The van der Waals surface area contributed by atoms with Gasteiger partial charge in [-0.15, -0.1) is 0 Å². The van der Waals surface area contributed by atoms with Crippen molar-refractivity contribution in [2.75, 3.05) is 18.0 Å². The third-order valence-corrected chi connectivity index (χ3v) is 4.41. The molecule has 2 heterocycles. The minimum atomic E-state index is -0.630. The van der Waals surface area contributed by atoms with Crippen LogP contribution in [0.3, 0.4) is 0 Å². The molecule has 0 bridgehead atoms. The van der Waals surface area contributed by atoms with Crippen LogP contribution in [0.15, 0.2) is 48.9 Å². The van der Waals surface area contributed by atoms with Gasteiger partial charge >= 0.3 is 0 Å². The number of nitrogens with zero attached hydrogens (tertiary/aromatic N) is 3. The molecule has 4 nitrogen and oxygen atoms in total. The Hall–Kier alpha value is -1.94. The van der Waals surface area contributed by atoms with Gasteiger partial charge in [-0.25, -0.2) is 4.98 Å². The Morgan fingerprint density at radius 2 is 2.10 bits per heavy atom. The summed E-state index contributed by atoms with van der Waals surface area (Å²) in [5, 5.41) is 10.7. The third-order valence-electron chi connectivity index (χ3n) is 4.41. The molecule has 1 aromatic heterocycles. The maximum absolute atomic E-state index is 10.7. The van der Waals surface area contributed by atoms with E-state index in [0.717, 1.165) is 31.7 Å². The van der Waals surface area contributed by atoms with Crippen molar-refractivity contribution in [1.82, 2.24) is 9.97 Å². The third kappa shape index (κ3) is 3.22. The van der Waals surface area contributed by atoms with Crippen molar-refractivity contribution in [2.45, 2.75) is 25.4 Å². The summed E-state index contributed by atoms with van der Waals surface area (Å²) in [6.07, 6.45) is 6.82. The lowest BCUT2D eigenvalue weighted by molar-refractivity contribution is -0.0168. The van der Waals surface area contributed by atoms with E-state index < -0.39 is 5.60 Å². The second kappa shape index (κ2) is 5.82. The van der Waals surface area contributed by atoms with Crippen molar-refractivity contribution in [3.8, 4) is 0 Å². The molecule has 1 aliphatic rings. The topological polar surface area (TPSA) is 49.2 Å². The maximum atomic E-state index is 10.7. The summed E-state index contributed by atoms with van der Waals surface area (Å²) in [6.45, 7) is 3.58. The van der Waals surface area contributed by atoms with E-state index in [1.54, 1.807) is 18.6 Å². The fraction of sp³-hybridized carbons (Fsp3) is 0.412. The van der Waals surface area contributed by atoms with E-state index in [0.29, 0.717) is 0 Å². The van der Waals surface area contributed by atoms with Crippen LogP contribution in [0.1, 0.15) is 18.9 Å². The molecular formula is C17H21N3O. The average molecular weight is 283 g/mol. The second-order valence-electron chi connectivity index (χ2n) is 6.00. The smallest absolute Gasteiger partial charge is 0.147 e. The highest BCUT2D eigenvalue weighted by Crippen LogP contribution is 2.32. The molecule has 0 saturated carbocycles. The normalized spacial score (nSPS) is 25.8. The number of hydrogen-bond acceptors (Lipinski definition) is 4. The molecule has 1 fully saturated rings. The van der Waals surface area contributed by atoms with E-state index in [4.69, 9.17) is 0 Å². The van der Waals surface area contributed by atoms with Crippen LogP contribution in [0.2, 0.25) is 0 Å². The van der Waals surface area contributed by atoms with E-state index in [1.165, 1.54) is 5.56 Å². The summed E-state index contributed by atoms with van der Waals surface area (Å²) in [7, 11) is 0. The van der Waals surface area contributed by atoms with Crippen LogP contribution in [0.4, 0.5) is 5.82 Å². The fourth-order valence-electron chi connectivity index (χ4n) is 2.97. The van der Waals surface area contributed by atoms with E-state index >= 15 is 0 Å². The summed E-state index contributed by atoms with van der Waals surface area (Å²) in [4.78, 5) is 10.7. The predicted octanol–water partition coefficient (Wildman–Crippen LogP) is 2.30.